The highest BCUT2D eigenvalue weighted by molar-refractivity contribution is 5.70. The van der Waals surface area contributed by atoms with Crippen LogP contribution in [0.2, 0.25) is 0 Å². The van der Waals surface area contributed by atoms with Gasteiger partial charge in [0, 0.05) is 37.1 Å². The summed E-state index contributed by atoms with van der Waals surface area (Å²) in [4.78, 5) is 21.5. The van der Waals surface area contributed by atoms with Crippen molar-refractivity contribution in [1.29, 1.82) is 0 Å². The maximum atomic E-state index is 11.2. The fourth-order valence-corrected chi connectivity index (χ4v) is 4.48. The lowest BCUT2D eigenvalue weighted by Gasteiger charge is -2.59. The van der Waals surface area contributed by atoms with Crippen molar-refractivity contribution in [2.24, 2.45) is 5.92 Å². The second-order valence-electron chi connectivity index (χ2n) is 7.83. The van der Waals surface area contributed by atoms with Crippen LogP contribution in [-0.4, -0.2) is 21.3 Å². The van der Waals surface area contributed by atoms with Gasteiger partial charge in [0.2, 0.25) is 11.4 Å². The third-order valence-electron chi connectivity index (χ3n) is 5.87. The van der Waals surface area contributed by atoms with Crippen molar-refractivity contribution >= 4 is 22.7 Å². The molecular weight excluding hydrogens is 380 g/mol. The van der Waals surface area contributed by atoms with E-state index >= 15 is 0 Å². The second kappa shape index (κ2) is 5.72. The van der Waals surface area contributed by atoms with Crippen molar-refractivity contribution in [1.82, 2.24) is 0 Å². The number of nitro groups is 2. The van der Waals surface area contributed by atoms with Crippen LogP contribution in [-0.2, 0) is 0 Å². The molecule has 29 heavy (non-hydrogen) atoms. The molecule has 2 N–H and O–H groups in total. The zero-order valence-corrected chi connectivity index (χ0v) is 15.5. The summed E-state index contributed by atoms with van der Waals surface area (Å²) in [7, 11) is 0. The fraction of sp³-hybridized carbons (Fsp3) is 0.368. The van der Waals surface area contributed by atoms with Crippen molar-refractivity contribution in [3.8, 4) is 11.5 Å². The fourth-order valence-electron chi connectivity index (χ4n) is 4.48. The first-order valence-corrected chi connectivity index (χ1v) is 9.32. The van der Waals surface area contributed by atoms with Crippen LogP contribution in [0, 0.1) is 26.1 Å². The van der Waals surface area contributed by atoms with Gasteiger partial charge in [0.25, 0.3) is 11.4 Å². The molecule has 0 radical (unpaired) electrons. The molecule has 150 valence electrons. The Kier molecular flexibility index (Phi) is 3.46. The molecule has 0 aromatic heterocycles. The Labute approximate surface area is 165 Å². The van der Waals surface area contributed by atoms with Crippen molar-refractivity contribution in [3.05, 3.63) is 56.6 Å². The minimum absolute atomic E-state index is 0.0484. The molecule has 3 atom stereocenters. The Morgan fingerprint density at radius 3 is 2.00 bits per heavy atom. The van der Waals surface area contributed by atoms with E-state index in [1.54, 1.807) is 12.1 Å². The van der Waals surface area contributed by atoms with Crippen LogP contribution >= 0.6 is 0 Å². The molecule has 2 aromatic rings. The third-order valence-corrected chi connectivity index (χ3v) is 5.87. The van der Waals surface area contributed by atoms with Gasteiger partial charge in [-0.2, -0.15) is 0 Å². The van der Waals surface area contributed by atoms with Crippen molar-refractivity contribution in [3.63, 3.8) is 0 Å². The zero-order valence-electron chi connectivity index (χ0n) is 15.5. The monoisotopic (exact) mass is 398 g/mol. The average Bonchev–Trinajstić information content (AvgIpc) is 2.67. The van der Waals surface area contributed by atoms with Gasteiger partial charge in [-0.1, -0.05) is 6.92 Å². The summed E-state index contributed by atoms with van der Waals surface area (Å²) in [6, 6.07) is 8.75. The van der Waals surface area contributed by atoms with Gasteiger partial charge >= 0.3 is 0 Å². The minimum Gasteiger partial charge on any atom is -0.460 e. The summed E-state index contributed by atoms with van der Waals surface area (Å²) in [6.07, 6.45) is 2.06. The van der Waals surface area contributed by atoms with Crippen LogP contribution in [0.1, 0.15) is 26.2 Å². The first-order chi connectivity index (χ1) is 13.8. The second-order valence-corrected chi connectivity index (χ2v) is 7.83. The molecule has 0 bridgehead atoms. The molecule has 10 nitrogen and oxygen atoms in total. The lowest BCUT2D eigenvalue weighted by atomic mass is 9.75. The van der Waals surface area contributed by atoms with Gasteiger partial charge in [-0.3, -0.25) is 20.2 Å². The lowest BCUT2D eigenvalue weighted by molar-refractivity contribution is -0.385. The number of anilines is 2. The maximum Gasteiger partial charge on any atom is 0.271 e. The Balaban J connectivity index is 1.64. The highest BCUT2D eigenvalue weighted by Crippen LogP contribution is 2.55. The van der Waals surface area contributed by atoms with E-state index in [-0.39, 0.29) is 11.4 Å². The molecule has 0 spiro atoms. The zero-order chi connectivity index (χ0) is 20.4. The molecule has 1 fully saturated rings. The van der Waals surface area contributed by atoms with E-state index in [1.807, 2.05) is 0 Å². The molecule has 1 unspecified atom stereocenters. The number of ether oxygens (including phenoxy) is 2. The minimum atomic E-state index is -1.00. The van der Waals surface area contributed by atoms with E-state index in [0.29, 0.717) is 41.6 Å². The van der Waals surface area contributed by atoms with Crippen molar-refractivity contribution < 1.29 is 19.3 Å². The number of hydrogen-bond donors (Lipinski definition) is 2. The topological polar surface area (TPSA) is 129 Å². The van der Waals surface area contributed by atoms with Gasteiger partial charge in [-0.15, -0.1) is 0 Å². The summed E-state index contributed by atoms with van der Waals surface area (Å²) in [5.41, 5.74) is -1.13. The summed E-state index contributed by atoms with van der Waals surface area (Å²) < 4.78 is 12.8. The van der Waals surface area contributed by atoms with Gasteiger partial charge in [-0.05, 0) is 24.5 Å². The largest absolute Gasteiger partial charge is 0.460 e. The number of benzene rings is 2. The molecule has 0 saturated heterocycles. The van der Waals surface area contributed by atoms with Gasteiger partial charge in [0.05, 0.1) is 21.2 Å². The molecule has 3 aliphatic rings. The molecule has 5 rings (SSSR count). The molecule has 10 heteroatoms. The predicted octanol–water partition coefficient (Wildman–Crippen LogP) is 4.02. The van der Waals surface area contributed by atoms with Crippen LogP contribution in [0.3, 0.4) is 0 Å². The van der Waals surface area contributed by atoms with Crippen LogP contribution in [0.15, 0.2) is 36.4 Å². The van der Waals surface area contributed by atoms with Crippen LogP contribution < -0.4 is 20.1 Å². The third kappa shape index (κ3) is 2.48. The highest BCUT2D eigenvalue weighted by atomic mass is 16.6. The van der Waals surface area contributed by atoms with E-state index in [2.05, 4.69) is 17.6 Å². The van der Waals surface area contributed by atoms with E-state index in [1.165, 1.54) is 24.3 Å². The standard InChI is InChI=1S/C19H18N4O6/c1-11-6-7-18-19(10-11,21-15-9-13(23(26)27)2-4-16(15)28-18)29-17-5-3-12(22(24)25)8-14(17)20-18/h2-5,8-9,11,20-21H,6-7,10H2,1H3/t11?,18-,19-/m1/s1. The Hall–Kier alpha value is -3.56. The van der Waals surface area contributed by atoms with Crippen molar-refractivity contribution in [2.45, 2.75) is 37.6 Å². The van der Waals surface area contributed by atoms with Gasteiger partial charge in [0.15, 0.2) is 0 Å². The van der Waals surface area contributed by atoms with Crippen LogP contribution in [0.4, 0.5) is 22.7 Å². The quantitative estimate of drug-likeness (QED) is 0.573. The smallest absolute Gasteiger partial charge is 0.271 e. The summed E-state index contributed by atoms with van der Waals surface area (Å²) >= 11 is 0. The van der Waals surface area contributed by atoms with E-state index in [4.69, 9.17) is 9.47 Å². The van der Waals surface area contributed by atoms with E-state index in [0.717, 1.165) is 6.42 Å². The Bertz CT molecular complexity index is 1060. The number of nitrogens with zero attached hydrogens (tertiary/aromatic N) is 2. The number of non-ortho nitro benzene ring substituents is 2. The number of hydrogen-bond acceptors (Lipinski definition) is 8. The van der Waals surface area contributed by atoms with Gasteiger partial charge in [-0.25, -0.2) is 0 Å². The SMILES string of the molecule is CC1CC[C@]23Nc4cc([N+](=O)[O-])ccc4O[C@@]2(C1)Nc1cc([N+](=O)[O-])ccc1O3. The average molecular weight is 398 g/mol. The molecule has 2 heterocycles. The number of rotatable bonds is 2. The van der Waals surface area contributed by atoms with Crippen LogP contribution in [0.25, 0.3) is 0 Å². The van der Waals surface area contributed by atoms with Crippen molar-refractivity contribution in [2.75, 3.05) is 10.6 Å². The molecule has 2 aliphatic heterocycles. The summed E-state index contributed by atoms with van der Waals surface area (Å²) in [5.74, 6) is 1.25. The van der Waals surface area contributed by atoms with E-state index < -0.39 is 21.3 Å². The maximum absolute atomic E-state index is 11.2. The first-order valence-electron chi connectivity index (χ1n) is 9.32. The van der Waals surface area contributed by atoms with Crippen LogP contribution in [0.5, 0.6) is 11.5 Å². The number of fused-ring (bicyclic) bond motifs is 2. The molecule has 1 saturated carbocycles. The number of nitrogens with one attached hydrogen (secondary N) is 2. The lowest BCUT2D eigenvalue weighted by Crippen LogP contribution is -2.74. The normalized spacial score (nSPS) is 28.7. The summed E-state index contributed by atoms with van der Waals surface area (Å²) in [5, 5.41) is 29.1. The molecule has 1 aliphatic carbocycles. The molecule has 2 aromatic carbocycles. The van der Waals surface area contributed by atoms with E-state index in [9.17, 15) is 20.2 Å². The van der Waals surface area contributed by atoms with Gasteiger partial charge < -0.3 is 20.1 Å². The highest BCUT2D eigenvalue weighted by Gasteiger charge is 2.64. The summed E-state index contributed by atoms with van der Waals surface area (Å²) in [6.45, 7) is 2.11. The predicted molar refractivity (Wildman–Crippen MR) is 103 cm³/mol. The first kappa shape index (κ1) is 17.5. The Morgan fingerprint density at radius 1 is 0.931 bits per heavy atom. The Morgan fingerprint density at radius 2 is 1.45 bits per heavy atom. The number of nitro benzene ring substituents is 2. The van der Waals surface area contributed by atoms with Gasteiger partial charge in [0.1, 0.15) is 11.5 Å². The molecule has 0 amide bonds. The molecular formula is C19H18N4O6.